The van der Waals surface area contributed by atoms with Crippen molar-refractivity contribution < 1.29 is 28.5 Å². The van der Waals surface area contributed by atoms with Gasteiger partial charge in [0.2, 0.25) is 11.8 Å². The maximum absolute atomic E-state index is 12.4. The molecule has 2 aromatic carbocycles. The van der Waals surface area contributed by atoms with Gasteiger partial charge in [-0.3, -0.25) is 19.0 Å². The van der Waals surface area contributed by atoms with Gasteiger partial charge in [-0.05, 0) is 135 Å². The molecule has 0 radical (unpaired) electrons. The Bertz CT molecular complexity index is 3490. The summed E-state index contributed by atoms with van der Waals surface area (Å²) in [5.41, 5.74) is 10.4. The second-order valence-corrected chi connectivity index (χ2v) is 17.1. The Kier molecular flexibility index (Phi) is 15.0. The third-order valence-corrected chi connectivity index (χ3v) is 12.3. The minimum atomic E-state index is -0.349. The van der Waals surface area contributed by atoms with E-state index in [9.17, 15) is 9.59 Å². The molecule has 0 aliphatic carbocycles. The summed E-state index contributed by atoms with van der Waals surface area (Å²) in [6.45, 7) is 6.28. The molecule has 0 aliphatic rings. The van der Waals surface area contributed by atoms with Crippen LogP contribution in [-0.4, -0.2) is 88.8 Å². The predicted octanol–water partition coefficient (Wildman–Crippen LogP) is 9.54. The number of rotatable bonds is 17. The molecule has 0 amide bonds. The van der Waals surface area contributed by atoms with E-state index in [4.69, 9.17) is 29.1 Å². The van der Waals surface area contributed by atoms with E-state index in [0.717, 1.165) is 96.8 Å². The number of benzene rings is 2. The first-order valence-electron chi connectivity index (χ1n) is 23.9. The molecule has 16 heteroatoms. The number of nitrogens with zero attached hydrogens (tertiary/aromatic N) is 10. The minimum Gasteiger partial charge on any atom is -0.481 e. The van der Waals surface area contributed by atoms with Crippen LogP contribution in [0.25, 0.3) is 43.9 Å². The zero-order chi connectivity index (χ0) is 50.0. The van der Waals surface area contributed by atoms with Crippen LogP contribution in [0.5, 0.6) is 11.8 Å². The molecule has 10 aromatic rings. The maximum atomic E-state index is 12.4. The lowest BCUT2D eigenvalue weighted by molar-refractivity contribution is -0.144. The molecule has 8 heterocycles. The van der Waals surface area contributed by atoms with Crippen LogP contribution in [0.3, 0.4) is 0 Å². The molecular formula is C56H54N10O6. The first-order chi connectivity index (χ1) is 35.2. The molecule has 0 spiro atoms. The topological polar surface area (TPSA) is 184 Å². The van der Waals surface area contributed by atoms with Crippen molar-refractivity contribution in [2.45, 2.75) is 65.0 Å². The minimum absolute atomic E-state index is 0.151. The van der Waals surface area contributed by atoms with E-state index in [1.54, 1.807) is 65.0 Å². The lowest BCUT2D eigenvalue weighted by Crippen LogP contribution is -2.18. The smallest absolute Gasteiger partial charge is 0.308 e. The van der Waals surface area contributed by atoms with Gasteiger partial charge in [-0.1, -0.05) is 24.3 Å². The summed E-state index contributed by atoms with van der Waals surface area (Å²) >= 11 is 0. The van der Waals surface area contributed by atoms with Crippen LogP contribution in [0.15, 0.2) is 140 Å². The lowest BCUT2D eigenvalue weighted by Gasteiger charge is -2.17. The zero-order valence-electron chi connectivity index (χ0n) is 40.8. The van der Waals surface area contributed by atoms with Crippen molar-refractivity contribution in [3.8, 4) is 11.8 Å². The summed E-state index contributed by atoms with van der Waals surface area (Å²) in [4.78, 5) is 51.4. The van der Waals surface area contributed by atoms with Crippen molar-refractivity contribution in [2.24, 2.45) is 0 Å². The van der Waals surface area contributed by atoms with E-state index in [0.29, 0.717) is 25.0 Å². The standard InChI is InChI=1S/2C28H27N5O3/c1-4-36-27(34)15-25(21-9-10-26(35-3)30-16-21)33-17-22-8-7-19(13-24(22)32-33)12-23-14-20-6-5-11-29-28(20)31-18(23)2;1-3-36-27(34)16-25(21-10-13-26(35-2)30-17-21)33-18-22-8-6-19(15-24(22)32-33)7-11-23-12-9-20-5-4-14-29-28(20)31-23/h5-11,13-14,16-17,25H,4,12,15H2,1-3H3;4-6,8-10,12-15,17-18,25H,3,7,11,16H2,1-2H3/t2*25-/m00/s1. The van der Waals surface area contributed by atoms with Crippen molar-refractivity contribution in [3.05, 3.63) is 180 Å². The Morgan fingerprint density at radius 2 is 1.11 bits per heavy atom. The largest absolute Gasteiger partial charge is 0.481 e. The summed E-state index contributed by atoms with van der Waals surface area (Å²) in [5, 5.41) is 13.7. The van der Waals surface area contributed by atoms with Gasteiger partial charge in [-0.2, -0.15) is 10.2 Å². The molecule has 0 unspecified atom stereocenters. The Morgan fingerprint density at radius 1 is 0.569 bits per heavy atom. The highest BCUT2D eigenvalue weighted by Gasteiger charge is 2.23. The normalized spacial score (nSPS) is 12.1. The van der Waals surface area contributed by atoms with E-state index in [1.165, 1.54) is 5.56 Å². The van der Waals surface area contributed by atoms with E-state index >= 15 is 0 Å². The van der Waals surface area contributed by atoms with E-state index < -0.39 is 0 Å². The fourth-order valence-corrected chi connectivity index (χ4v) is 8.59. The summed E-state index contributed by atoms with van der Waals surface area (Å²) in [6.07, 6.45) is 13.6. The van der Waals surface area contributed by atoms with E-state index in [2.05, 4.69) is 84.5 Å². The fourth-order valence-electron chi connectivity index (χ4n) is 8.59. The molecule has 0 N–H and O–H groups in total. The number of carbonyl (C=O) groups is 2. The van der Waals surface area contributed by atoms with Gasteiger partial charge >= 0.3 is 11.9 Å². The van der Waals surface area contributed by atoms with Crippen LogP contribution >= 0.6 is 0 Å². The molecule has 10 rings (SSSR count). The second-order valence-electron chi connectivity index (χ2n) is 17.1. The van der Waals surface area contributed by atoms with Crippen molar-refractivity contribution in [1.29, 1.82) is 0 Å². The molecular weight excluding hydrogens is 909 g/mol. The number of carbonyl (C=O) groups excluding carboxylic acids is 2. The number of aryl methyl sites for hydroxylation is 3. The maximum Gasteiger partial charge on any atom is 0.308 e. The third kappa shape index (κ3) is 11.5. The molecule has 0 saturated carbocycles. The summed E-state index contributed by atoms with van der Waals surface area (Å²) in [7, 11) is 3.14. The average Bonchev–Trinajstić information content (AvgIpc) is 4.04. The van der Waals surface area contributed by atoms with E-state index in [1.807, 2.05) is 65.1 Å². The van der Waals surface area contributed by atoms with Gasteiger partial charge in [0.15, 0.2) is 11.3 Å². The SMILES string of the molecule is CCOC(=O)C[C@@H](c1ccc(OC)nc1)n1cc2ccc(CCc3ccc4cccnc4n3)cc2n1.CCOC(=O)C[C@@H](c1ccc(OC)nc1)n1cc2ccc(Cc3cc4cccnc4nc3C)cc2n1. The van der Waals surface area contributed by atoms with Gasteiger partial charge < -0.3 is 18.9 Å². The fraction of sp³-hybridized carbons (Fsp3) is 0.250. The van der Waals surface area contributed by atoms with Crippen LogP contribution < -0.4 is 9.47 Å². The first kappa shape index (κ1) is 48.4. The molecule has 16 nitrogen and oxygen atoms in total. The number of hydrogen-bond donors (Lipinski definition) is 0. The second kappa shape index (κ2) is 22.4. The molecule has 0 aliphatic heterocycles. The molecule has 0 bridgehead atoms. The number of fused-ring (bicyclic) bond motifs is 4. The van der Waals surface area contributed by atoms with Crippen molar-refractivity contribution in [2.75, 3.05) is 27.4 Å². The Morgan fingerprint density at radius 3 is 1.67 bits per heavy atom. The van der Waals surface area contributed by atoms with Gasteiger partial charge in [0.25, 0.3) is 0 Å². The van der Waals surface area contributed by atoms with Crippen LogP contribution in [0.1, 0.15) is 78.0 Å². The van der Waals surface area contributed by atoms with Gasteiger partial charge in [-0.15, -0.1) is 0 Å². The average molecular weight is 963 g/mol. The molecule has 364 valence electrons. The number of ether oxygens (including phenoxy) is 4. The molecule has 2 atom stereocenters. The van der Waals surface area contributed by atoms with Gasteiger partial charge in [-0.25, -0.2) is 29.9 Å². The van der Waals surface area contributed by atoms with Crippen LogP contribution in [0.4, 0.5) is 0 Å². The monoisotopic (exact) mass is 962 g/mol. The molecule has 0 fully saturated rings. The van der Waals surface area contributed by atoms with Gasteiger partial charge in [0.1, 0.15) is 0 Å². The number of aromatic nitrogens is 10. The third-order valence-electron chi connectivity index (χ3n) is 12.3. The quantitative estimate of drug-likeness (QED) is 0.0786. The highest BCUT2D eigenvalue weighted by atomic mass is 16.5. The lowest BCUT2D eigenvalue weighted by atomic mass is 10.0. The van der Waals surface area contributed by atoms with Crippen molar-refractivity contribution in [3.63, 3.8) is 0 Å². The summed E-state index contributed by atoms with van der Waals surface area (Å²) < 4.78 is 24.5. The van der Waals surface area contributed by atoms with Gasteiger partial charge in [0, 0.05) is 82.2 Å². The Balaban J connectivity index is 0.000000178. The first-order valence-corrected chi connectivity index (χ1v) is 23.9. The predicted molar refractivity (Wildman–Crippen MR) is 274 cm³/mol. The van der Waals surface area contributed by atoms with Crippen molar-refractivity contribution >= 4 is 55.8 Å². The highest BCUT2D eigenvalue weighted by molar-refractivity contribution is 5.81. The summed E-state index contributed by atoms with van der Waals surface area (Å²) in [5.74, 6) is 0.460. The number of methoxy groups -OCH3 is 2. The number of pyridine rings is 6. The molecule has 72 heavy (non-hydrogen) atoms. The van der Waals surface area contributed by atoms with Crippen LogP contribution in [0, 0.1) is 6.92 Å². The molecule has 0 saturated heterocycles. The molecule has 8 aromatic heterocycles. The van der Waals surface area contributed by atoms with Crippen molar-refractivity contribution in [1.82, 2.24) is 49.5 Å². The Hall–Kier alpha value is -8.66. The van der Waals surface area contributed by atoms with Crippen LogP contribution in [-0.2, 0) is 38.3 Å². The van der Waals surface area contributed by atoms with Crippen LogP contribution in [0.2, 0.25) is 0 Å². The highest BCUT2D eigenvalue weighted by Crippen LogP contribution is 2.29. The Labute approximate surface area is 416 Å². The zero-order valence-corrected chi connectivity index (χ0v) is 40.8. The number of esters is 2. The van der Waals surface area contributed by atoms with Gasteiger partial charge in [0.05, 0.1) is 63.4 Å². The summed E-state index contributed by atoms with van der Waals surface area (Å²) in [6, 6.07) is 33.4. The number of hydrogen-bond acceptors (Lipinski definition) is 14. The van der Waals surface area contributed by atoms with E-state index in [-0.39, 0.29) is 36.9 Å².